The summed E-state index contributed by atoms with van der Waals surface area (Å²) in [6.07, 6.45) is 0. The molecule has 1 rings (SSSR count). The molecule has 0 saturated heterocycles. The van der Waals surface area contributed by atoms with Crippen molar-refractivity contribution in [1.29, 1.82) is 0 Å². The Morgan fingerprint density at radius 1 is 1.33 bits per heavy atom. The smallest absolute Gasteiger partial charge is 0.328 e. The molecule has 0 radical (unpaired) electrons. The molecule has 2 N–H and O–H groups in total. The van der Waals surface area contributed by atoms with E-state index in [9.17, 15) is 13.2 Å². The third kappa shape index (κ3) is 2.95. The van der Waals surface area contributed by atoms with Crippen molar-refractivity contribution in [3.8, 4) is 0 Å². The second-order valence-corrected chi connectivity index (χ2v) is 5.05. The molecular formula is C9H12N2O3S. The molecule has 1 aromatic carbocycles. The lowest BCUT2D eigenvalue weighted by molar-refractivity contribution is 0.237. The van der Waals surface area contributed by atoms with E-state index >= 15 is 0 Å². The molecule has 0 aliphatic heterocycles. The highest BCUT2D eigenvalue weighted by Crippen LogP contribution is 2.08. The Morgan fingerprint density at radius 3 is 2.33 bits per heavy atom. The summed E-state index contributed by atoms with van der Waals surface area (Å²) in [7, 11) is -2.51. The summed E-state index contributed by atoms with van der Waals surface area (Å²) in [5.41, 5.74) is 5.50. The van der Waals surface area contributed by atoms with E-state index in [0.717, 1.165) is 7.05 Å². The van der Waals surface area contributed by atoms with Crippen molar-refractivity contribution in [3.05, 3.63) is 35.9 Å². The van der Waals surface area contributed by atoms with E-state index in [4.69, 9.17) is 5.73 Å². The van der Waals surface area contributed by atoms with Gasteiger partial charge in [-0.25, -0.2) is 17.5 Å². The summed E-state index contributed by atoms with van der Waals surface area (Å²) in [5.74, 6) is -0.229. The van der Waals surface area contributed by atoms with E-state index < -0.39 is 16.1 Å². The van der Waals surface area contributed by atoms with Crippen LogP contribution in [0.2, 0.25) is 0 Å². The van der Waals surface area contributed by atoms with E-state index in [1.807, 2.05) is 0 Å². The van der Waals surface area contributed by atoms with Gasteiger partial charge in [0.2, 0.25) is 10.0 Å². The molecule has 0 unspecified atom stereocenters. The molecular weight excluding hydrogens is 216 g/mol. The zero-order valence-electron chi connectivity index (χ0n) is 8.25. The van der Waals surface area contributed by atoms with Crippen molar-refractivity contribution in [1.82, 2.24) is 4.31 Å². The van der Waals surface area contributed by atoms with Crippen molar-refractivity contribution >= 4 is 16.1 Å². The predicted molar refractivity (Wildman–Crippen MR) is 56.4 cm³/mol. The standard InChI is InChI=1S/C9H12N2O3S/c1-11(9(10)12)15(13,14)7-8-5-3-2-4-6-8/h2-6H,7H2,1H3,(H2,10,12). The maximum Gasteiger partial charge on any atom is 0.328 e. The quantitative estimate of drug-likeness (QED) is 0.819. The molecule has 0 atom stereocenters. The van der Waals surface area contributed by atoms with Crippen LogP contribution in [0.1, 0.15) is 5.56 Å². The lowest BCUT2D eigenvalue weighted by Gasteiger charge is -2.14. The molecule has 0 saturated carbocycles. The van der Waals surface area contributed by atoms with Crippen LogP contribution in [0.5, 0.6) is 0 Å². The molecule has 0 fully saturated rings. The fourth-order valence-electron chi connectivity index (χ4n) is 1.02. The van der Waals surface area contributed by atoms with Crippen LogP contribution in [0.25, 0.3) is 0 Å². The van der Waals surface area contributed by atoms with Crippen molar-refractivity contribution in [3.63, 3.8) is 0 Å². The maximum absolute atomic E-state index is 11.6. The van der Waals surface area contributed by atoms with E-state index in [1.165, 1.54) is 0 Å². The Morgan fingerprint density at radius 2 is 1.87 bits per heavy atom. The van der Waals surface area contributed by atoms with Gasteiger partial charge in [0.25, 0.3) is 0 Å². The number of nitrogens with two attached hydrogens (primary N) is 1. The van der Waals surface area contributed by atoms with Crippen LogP contribution >= 0.6 is 0 Å². The van der Waals surface area contributed by atoms with Gasteiger partial charge in [-0.2, -0.15) is 0 Å². The van der Waals surface area contributed by atoms with Gasteiger partial charge >= 0.3 is 6.03 Å². The van der Waals surface area contributed by atoms with E-state index in [2.05, 4.69) is 0 Å². The normalized spacial score (nSPS) is 11.0. The van der Waals surface area contributed by atoms with Crippen molar-refractivity contribution in [2.45, 2.75) is 5.75 Å². The first-order chi connectivity index (χ1) is 6.93. The number of carbonyl (C=O) groups excluding carboxylic acids is 1. The van der Waals surface area contributed by atoms with Gasteiger partial charge in [-0.15, -0.1) is 0 Å². The molecule has 6 heteroatoms. The molecule has 0 aliphatic rings. The Kier molecular flexibility index (Phi) is 3.31. The third-order valence-corrected chi connectivity index (χ3v) is 3.63. The summed E-state index contributed by atoms with van der Waals surface area (Å²) < 4.78 is 23.7. The van der Waals surface area contributed by atoms with Crippen LogP contribution in [0, 0.1) is 0 Å². The number of hydrogen-bond acceptors (Lipinski definition) is 3. The molecule has 0 spiro atoms. The summed E-state index contributed by atoms with van der Waals surface area (Å²) in [4.78, 5) is 10.7. The molecule has 0 heterocycles. The number of urea groups is 1. The lowest BCUT2D eigenvalue weighted by Crippen LogP contribution is -2.37. The molecule has 2 amide bonds. The van der Waals surface area contributed by atoms with Crippen LogP contribution in [0.3, 0.4) is 0 Å². The zero-order valence-corrected chi connectivity index (χ0v) is 9.07. The van der Waals surface area contributed by atoms with Crippen LogP contribution in [0.4, 0.5) is 4.79 Å². The first-order valence-electron chi connectivity index (χ1n) is 4.23. The summed E-state index contributed by atoms with van der Waals surface area (Å²) >= 11 is 0. The minimum absolute atomic E-state index is 0.229. The number of amides is 2. The van der Waals surface area contributed by atoms with Gasteiger partial charge in [0.15, 0.2) is 0 Å². The van der Waals surface area contributed by atoms with Gasteiger partial charge in [0.05, 0.1) is 5.75 Å². The second-order valence-electron chi connectivity index (χ2n) is 3.05. The number of rotatable bonds is 3. The fraction of sp³-hybridized carbons (Fsp3) is 0.222. The van der Waals surface area contributed by atoms with Gasteiger partial charge in [-0.05, 0) is 5.56 Å². The lowest BCUT2D eigenvalue weighted by atomic mass is 10.2. The molecule has 0 aliphatic carbocycles. The largest absolute Gasteiger partial charge is 0.351 e. The number of carbonyl (C=O) groups is 1. The topological polar surface area (TPSA) is 80.5 Å². The highest BCUT2D eigenvalue weighted by atomic mass is 32.2. The SMILES string of the molecule is CN(C(N)=O)S(=O)(=O)Cc1ccccc1. The first kappa shape index (κ1) is 11.5. The summed E-state index contributed by atoms with van der Waals surface area (Å²) in [6, 6.07) is 7.61. The minimum atomic E-state index is -3.65. The van der Waals surface area contributed by atoms with E-state index in [0.29, 0.717) is 9.87 Å². The predicted octanol–water partition coefficient (Wildman–Crippen LogP) is 0.527. The highest BCUT2D eigenvalue weighted by molar-refractivity contribution is 7.88. The first-order valence-corrected chi connectivity index (χ1v) is 5.84. The van der Waals surface area contributed by atoms with Gasteiger partial charge in [-0.3, -0.25) is 0 Å². The third-order valence-electron chi connectivity index (χ3n) is 1.92. The van der Waals surface area contributed by atoms with E-state index in [-0.39, 0.29) is 5.75 Å². The van der Waals surface area contributed by atoms with Crippen LogP contribution in [0.15, 0.2) is 30.3 Å². The van der Waals surface area contributed by atoms with Gasteiger partial charge in [0.1, 0.15) is 0 Å². The monoisotopic (exact) mass is 228 g/mol. The second kappa shape index (κ2) is 4.31. The highest BCUT2D eigenvalue weighted by Gasteiger charge is 2.21. The average molecular weight is 228 g/mol. The Labute approximate surface area is 88.5 Å². The molecule has 1 aromatic rings. The average Bonchev–Trinajstić information content (AvgIpc) is 2.17. The van der Waals surface area contributed by atoms with E-state index in [1.54, 1.807) is 30.3 Å². The maximum atomic E-state index is 11.6. The molecule has 15 heavy (non-hydrogen) atoms. The number of sulfonamides is 1. The molecule has 0 bridgehead atoms. The summed E-state index contributed by atoms with van der Waals surface area (Å²) in [5, 5.41) is 0. The molecule has 0 aromatic heterocycles. The van der Waals surface area contributed by atoms with Gasteiger partial charge in [-0.1, -0.05) is 30.3 Å². The van der Waals surface area contributed by atoms with Gasteiger partial charge in [0, 0.05) is 7.05 Å². The zero-order chi connectivity index (χ0) is 11.5. The number of nitrogens with zero attached hydrogens (tertiary/aromatic N) is 1. The fourth-order valence-corrected chi connectivity index (χ4v) is 2.10. The molecule has 82 valence electrons. The van der Waals surface area contributed by atoms with Crippen molar-refractivity contribution in [2.24, 2.45) is 5.73 Å². The molecule has 5 nitrogen and oxygen atoms in total. The van der Waals surface area contributed by atoms with Gasteiger partial charge < -0.3 is 5.73 Å². The van der Waals surface area contributed by atoms with Crippen molar-refractivity contribution in [2.75, 3.05) is 7.05 Å². The Balaban J connectivity index is 2.87. The Bertz CT molecular complexity index is 442. The van der Waals surface area contributed by atoms with Crippen LogP contribution in [-0.2, 0) is 15.8 Å². The van der Waals surface area contributed by atoms with Crippen molar-refractivity contribution < 1.29 is 13.2 Å². The van der Waals surface area contributed by atoms with Crippen LogP contribution in [-0.4, -0.2) is 25.8 Å². The summed E-state index contributed by atoms with van der Waals surface area (Å²) in [6.45, 7) is 0. The number of hydrogen-bond donors (Lipinski definition) is 1. The minimum Gasteiger partial charge on any atom is -0.351 e. The number of benzene rings is 1. The number of primary amides is 1. The van der Waals surface area contributed by atoms with Crippen LogP contribution < -0.4 is 5.73 Å². The Hall–Kier alpha value is -1.56.